The number of halogens is 1. The maximum Gasteiger partial charge on any atom is 0.129 e. The van der Waals surface area contributed by atoms with Crippen LogP contribution in [0.5, 0.6) is 5.75 Å². The molecule has 1 aliphatic heterocycles. The molecule has 2 rings (SSSR count). The summed E-state index contributed by atoms with van der Waals surface area (Å²) in [5, 5.41) is 9.46. The maximum absolute atomic E-state index is 9.46. The summed E-state index contributed by atoms with van der Waals surface area (Å²) in [6.45, 7) is 5.75. The summed E-state index contributed by atoms with van der Waals surface area (Å²) in [5.74, 6) is 0.290. The number of hydrogen-bond donors (Lipinski definition) is 1. The minimum atomic E-state index is 0.290. The quantitative estimate of drug-likeness (QED) is 0.907. The molecule has 1 N–H and O–H groups in total. The topological polar surface area (TPSA) is 32.7 Å². The first-order valence-electron chi connectivity index (χ1n) is 5.48. The van der Waals surface area contributed by atoms with Crippen LogP contribution in [0.1, 0.15) is 18.5 Å². The molecule has 1 aliphatic rings. The van der Waals surface area contributed by atoms with E-state index >= 15 is 0 Å². The van der Waals surface area contributed by atoms with Gasteiger partial charge in [-0.15, -0.1) is 0 Å². The number of hydrogen-bond acceptors (Lipinski definition) is 3. The second kappa shape index (κ2) is 5.17. The molecule has 16 heavy (non-hydrogen) atoms. The van der Waals surface area contributed by atoms with Crippen LogP contribution in [-0.2, 0) is 4.74 Å². The van der Waals surface area contributed by atoms with Crippen molar-refractivity contribution in [2.24, 2.45) is 0 Å². The summed E-state index contributed by atoms with van der Waals surface area (Å²) < 4.78 is 6.09. The van der Waals surface area contributed by atoms with Crippen molar-refractivity contribution in [1.82, 2.24) is 4.90 Å². The van der Waals surface area contributed by atoms with Crippen LogP contribution in [0.15, 0.2) is 22.7 Å². The van der Waals surface area contributed by atoms with Crippen molar-refractivity contribution in [3.05, 3.63) is 28.2 Å². The van der Waals surface area contributed by atoms with Gasteiger partial charge in [-0.25, -0.2) is 0 Å². The number of nitrogens with zero attached hydrogens (tertiary/aromatic N) is 1. The second-order valence-electron chi connectivity index (χ2n) is 4.04. The molecule has 0 saturated carbocycles. The molecule has 1 fully saturated rings. The van der Waals surface area contributed by atoms with Crippen LogP contribution in [0.4, 0.5) is 0 Å². The van der Waals surface area contributed by atoms with Gasteiger partial charge in [-0.2, -0.15) is 0 Å². The van der Waals surface area contributed by atoms with Gasteiger partial charge >= 0.3 is 0 Å². The molecule has 0 amide bonds. The predicted molar refractivity (Wildman–Crippen MR) is 66.6 cm³/mol. The Morgan fingerprint density at radius 1 is 1.38 bits per heavy atom. The summed E-state index contributed by atoms with van der Waals surface area (Å²) >= 11 is 3.35. The molecule has 1 atom stereocenters. The van der Waals surface area contributed by atoms with Gasteiger partial charge in [0.1, 0.15) is 5.75 Å². The highest BCUT2D eigenvalue weighted by Gasteiger charge is 2.18. The third-order valence-electron chi connectivity index (χ3n) is 3.05. The van der Waals surface area contributed by atoms with Gasteiger partial charge in [0.25, 0.3) is 0 Å². The molecular formula is C12H16BrNO2. The molecule has 1 aromatic carbocycles. The van der Waals surface area contributed by atoms with Crippen molar-refractivity contribution < 1.29 is 9.84 Å². The molecule has 1 aromatic rings. The summed E-state index contributed by atoms with van der Waals surface area (Å²) in [4.78, 5) is 2.39. The third-order valence-corrected chi connectivity index (χ3v) is 3.68. The minimum Gasteiger partial charge on any atom is -0.507 e. The fraction of sp³-hybridized carbons (Fsp3) is 0.500. The van der Waals surface area contributed by atoms with Crippen molar-refractivity contribution in [2.75, 3.05) is 26.3 Å². The zero-order valence-electron chi connectivity index (χ0n) is 9.32. The van der Waals surface area contributed by atoms with Gasteiger partial charge in [-0.1, -0.05) is 6.07 Å². The first-order valence-corrected chi connectivity index (χ1v) is 6.28. The molecule has 0 aliphatic carbocycles. The number of ether oxygens (including phenoxy) is 1. The molecule has 1 saturated heterocycles. The highest BCUT2D eigenvalue weighted by Crippen LogP contribution is 2.29. The van der Waals surface area contributed by atoms with Crippen LogP contribution >= 0.6 is 15.9 Å². The number of rotatable bonds is 2. The van der Waals surface area contributed by atoms with Gasteiger partial charge in [-0.3, -0.25) is 4.90 Å². The Kier molecular flexibility index (Phi) is 3.84. The Morgan fingerprint density at radius 2 is 2.06 bits per heavy atom. The molecular weight excluding hydrogens is 270 g/mol. The van der Waals surface area contributed by atoms with E-state index < -0.39 is 0 Å². The van der Waals surface area contributed by atoms with Crippen LogP contribution < -0.4 is 0 Å². The highest BCUT2D eigenvalue weighted by molar-refractivity contribution is 9.10. The van der Waals surface area contributed by atoms with Crippen LogP contribution in [0.25, 0.3) is 0 Å². The molecule has 88 valence electrons. The first kappa shape index (κ1) is 11.9. The molecule has 4 heteroatoms. The zero-order chi connectivity index (χ0) is 11.5. The van der Waals surface area contributed by atoms with Crippen molar-refractivity contribution in [2.45, 2.75) is 13.0 Å². The number of aromatic hydroxyl groups is 1. The molecule has 0 spiro atoms. The van der Waals surface area contributed by atoms with Gasteiger partial charge in [0.2, 0.25) is 0 Å². The van der Waals surface area contributed by atoms with Gasteiger partial charge in [0, 0.05) is 19.1 Å². The van der Waals surface area contributed by atoms with E-state index in [1.807, 2.05) is 12.1 Å². The minimum absolute atomic E-state index is 0.290. The van der Waals surface area contributed by atoms with Crippen molar-refractivity contribution in [3.8, 4) is 5.75 Å². The van der Waals surface area contributed by atoms with E-state index in [4.69, 9.17) is 4.74 Å². The molecule has 1 heterocycles. The van der Waals surface area contributed by atoms with Gasteiger partial charge in [0.15, 0.2) is 0 Å². The number of phenolic OH excluding ortho intramolecular Hbond substituents is 1. The van der Waals surface area contributed by atoms with Crippen molar-refractivity contribution in [3.63, 3.8) is 0 Å². The molecule has 0 aromatic heterocycles. The first-order chi connectivity index (χ1) is 7.68. The lowest BCUT2D eigenvalue weighted by atomic mass is 10.1. The number of phenols is 1. The largest absolute Gasteiger partial charge is 0.507 e. The van der Waals surface area contributed by atoms with Gasteiger partial charge < -0.3 is 9.84 Å². The fourth-order valence-corrected chi connectivity index (χ4v) is 2.36. The van der Waals surface area contributed by atoms with Crippen LogP contribution in [0.3, 0.4) is 0 Å². The SMILES string of the molecule is CC(c1ccc(O)c(Br)c1)N1CCOCC1. The second-order valence-corrected chi connectivity index (χ2v) is 4.89. The fourth-order valence-electron chi connectivity index (χ4n) is 1.96. The van der Waals surface area contributed by atoms with E-state index in [0.29, 0.717) is 6.04 Å². The Balaban J connectivity index is 2.12. The van der Waals surface area contributed by atoms with Crippen LogP contribution in [0, 0.1) is 0 Å². The summed E-state index contributed by atoms with van der Waals surface area (Å²) in [5.41, 5.74) is 1.21. The van der Waals surface area contributed by atoms with E-state index in [-0.39, 0.29) is 5.75 Å². The summed E-state index contributed by atoms with van der Waals surface area (Å²) in [6, 6.07) is 6.05. The predicted octanol–water partition coefficient (Wildman–Crippen LogP) is 2.55. The maximum atomic E-state index is 9.46. The van der Waals surface area contributed by atoms with E-state index in [9.17, 15) is 5.11 Å². The summed E-state index contributed by atoms with van der Waals surface area (Å²) in [6.07, 6.45) is 0. The molecule has 0 bridgehead atoms. The van der Waals surface area contributed by atoms with Crippen molar-refractivity contribution >= 4 is 15.9 Å². The standard InChI is InChI=1S/C12H16BrNO2/c1-9(14-4-6-16-7-5-14)10-2-3-12(15)11(13)8-10/h2-3,8-9,15H,4-7H2,1H3. The number of benzene rings is 1. The lowest BCUT2D eigenvalue weighted by Gasteiger charge is -2.32. The average Bonchev–Trinajstić information content (AvgIpc) is 2.33. The molecule has 0 radical (unpaired) electrons. The van der Waals surface area contributed by atoms with E-state index in [1.54, 1.807) is 6.07 Å². The van der Waals surface area contributed by atoms with E-state index in [1.165, 1.54) is 5.56 Å². The van der Waals surface area contributed by atoms with E-state index in [2.05, 4.69) is 27.8 Å². The molecule has 1 unspecified atom stereocenters. The average molecular weight is 286 g/mol. The Labute approximate surface area is 104 Å². The lowest BCUT2D eigenvalue weighted by molar-refractivity contribution is 0.0198. The smallest absolute Gasteiger partial charge is 0.129 e. The normalized spacial score (nSPS) is 19.6. The van der Waals surface area contributed by atoms with Gasteiger partial charge in [0.05, 0.1) is 17.7 Å². The van der Waals surface area contributed by atoms with Crippen molar-refractivity contribution in [1.29, 1.82) is 0 Å². The highest BCUT2D eigenvalue weighted by atomic mass is 79.9. The Hall–Kier alpha value is -0.580. The van der Waals surface area contributed by atoms with Crippen LogP contribution in [-0.4, -0.2) is 36.3 Å². The Bertz CT molecular complexity index is 364. The van der Waals surface area contributed by atoms with Crippen LogP contribution in [0.2, 0.25) is 0 Å². The van der Waals surface area contributed by atoms with Gasteiger partial charge in [-0.05, 0) is 40.5 Å². The number of morpholine rings is 1. The monoisotopic (exact) mass is 285 g/mol. The third kappa shape index (κ3) is 2.56. The molecule has 3 nitrogen and oxygen atoms in total. The lowest BCUT2D eigenvalue weighted by Crippen LogP contribution is -2.37. The Morgan fingerprint density at radius 3 is 2.69 bits per heavy atom. The summed E-state index contributed by atoms with van der Waals surface area (Å²) in [7, 11) is 0. The van der Waals surface area contributed by atoms with E-state index in [0.717, 1.165) is 30.8 Å². The zero-order valence-corrected chi connectivity index (χ0v) is 10.9.